The maximum atomic E-state index is 12.8. The van der Waals surface area contributed by atoms with Gasteiger partial charge in [0.25, 0.3) is 5.91 Å². The van der Waals surface area contributed by atoms with E-state index in [1.165, 1.54) is 24.3 Å². The Labute approximate surface area is 143 Å². The van der Waals surface area contributed by atoms with Crippen molar-refractivity contribution in [2.24, 2.45) is 0 Å². The highest BCUT2D eigenvalue weighted by molar-refractivity contribution is 8.19. The molecular formula is C17H16FNO2S2. The van der Waals surface area contributed by atoms with Gasteiger partial charge in [0.1, 0.15) is 11.6 Å². The molecule has 1 fully saturated rings. The fourth-order valence-electron chi connectivity index (χ4n) is 2.22. The van der Waals surface area contributed by atoms with Crippen LogP contribution in [0.2, 0.25) is 0 Å². The van der Waals surface area contributed by atoms with Crippen LogP contribution in [0.15, 0.2) is 48.5 Å². The summed E-state index contributed by atoms with van der Waals surface area (Å²) in [6, 6.07) is 13.5. The molecule has 3 rings (SSSR count). The summed E-state index contributed by atoms with van der Waals surface area (Å²) in [7, 11) is 0. The standard InChI is InChI=1S/C17H16FNO2S2/c18-12-5-7-13(8-6-12)19-16(20)11-21-15-4-2-1-3-14(15)17-22-9-10-23-17/h1-8,17H,9-11H2,(H,19,20). The number of rotatable bonds is 5. The maximum Gasteiger partial charge on any atom is 0.262 e. The third kappa shape index (κ3) is 4.42. The SMILES string of the molecule is O=C(COc1ccccc1C1SCCS1)Nc1ccc(F)cc1. The van der Waals surface area contributed by atoms with Gasteiger partial charge in [-0.25, -0.2) is 4.39 Å². The first-order chi connectivity index (χ1) is 11.2. The minimum atomic E-state index is -0.334. The molecule has 1 N–H and O–H groups in total. The molecule has 23 heavy (non-hydrogen) atoms. The van der Waals surface area contributed by atoms with Gasteiger partial charge >= 0.3 is 0 Å². The first kappa shape index (κ1) is 16.2. The molecule has 0 aromatic heterocycles. The number of anilines is 1. The summed E-state index contributed by atoms with van der Waals surface area (Å²) in [6.45, 7) is -0.0730. The van der Waals surface area contributed by atoms with Crippen molar-refractivity contribution in [2.45, 2.75) is 4.58 Å². The van der Waals surface area contributed by atoms with E-state index in [4.69, 9.17) is 4.74 Å². The molecule has 0 unspecified atom stereocenters. The molecule has 2 aromatic carbocycles. The lowest BCUT2D eigenvalue weighted by atomic mass is 10.2. The van der Waals surface area contributed by atoms with Crippen LogP contribution in [0.5, 0.6) is 5.75 Å². The van der Waals surface area contributed by atoms with Crippen LogP contribution >= 0.6 is 23.5 Å². The van der Waals surface area contributed by atoms with Crippen molar-refractivity contribution in [1.29, 1.82) is 0 Å². The second-order valence-electron chi connectivity index (χ2n) is 4.96. The normalized spacial score (nSPS) is 14.7. The van der Waals surface area contributed by atoms with Gasteiger partial charge in [0.2, 0.25) is 0 Å². The van der Waals surface area contributed by atoms with E-state index in [1.807, 2.05) is 47.8 Å². The molecule has 0 atom stereocenters. The Morgan fingerprint density at radius 1 is 1.13 bits per heavy atom. The van der Waals surface area contributed by atoms with Crippen LogP contribution < -0.4 is 10.1 Å². The smallest absolute Gasteiger partial charge is 0.262 e. The molecule has 0 aliphatic carbocycles. The van der Waals surface area contributed by atoms with E-state index in [0.29, 0.717) is 10.3 Å². The van der Waals surface area contributed by atoms with E-state index in [2.05, 4.69) is 5.32 Å². The summed E-state index contributed by atoms with van der Waals surface area (Å²) in [4.78, 5) is 12.0. The highest BCUT2D eigenvalue weighted by Crippen LogP contribution is 2.48. The molecule has 1 heterocycles. The Balaban J connectivity index is 1.59. The lowest BCUT2D eigenvalue weighted by molar-refractivity contribution is -0.118. The molecule has 120 valence electrons. The Morgan fingerprint density at radius 3 is 2.57 bits per heavy atom. The number of carbonyl (C=O) groups excluding carboxylic acids is 1. The van der Waals surface area contributed by atoms with Crippen molar-refractivity contribution in [2.75, 3.05) is 23.4 Å². The number of hydrogen-bond donors (Lipinski definition) is 1. The van der Waals surface area contributed by atoms with E-state index < -0.39 is 0 Å². The van der Waals surface area contributed by atoms with Crippen molar-refractivity contribution >= 4 is 35.1 Å². The molecule has 6 heteroatoms. The van der Waals surface area contributed by atoms with Crippen LogP contribution in [0, 0.1) is 5.82 Å². The first-order valence-electron chi connectivity index (χ1n) is 7.23. The Kier molecular flexibility index (Phi) is 5.46. The number of para-hydroxylation sites is 1. The van der Waals surface area contributed by atoms with Crippen LogP contribution in [0.1, 0.15) is 10.1 Å². The number of thioether (sulfide) groups is 2. The zero-order valence-electron chi connectivity index (χ0n) is 12.3. The highest BCUT2D eigenvalue weighted by Gasteiger charge is 2.21. The van der Waals surface area contributed by atoms with E-state index >= 15 is 0 Å². The number of halogens is 1. The first-order valence-corrected chi connectivity index (χ1v) is 9.32. The molecule has 1 aliphatic rings. The minimum Gasteiger partial charge on any atom is -0.483 e. The van der Waals surface area contributed by atoms with Gasteiger partial charge in [0.05, 0.1) is 4.58 Å². The van der Waals surface area contributed by atoms with Crippen molar-refractivity contribution in [3.63, 3.8) is 0 Å². The van der Waals surface area contributed by atoms with Gasteiger partial charge in [0.15, 0.2) is 6.61 Å². The van der Waals surface area contributed by atoms with E-state index in [1.54, 1.807) is 0 Å². The zero-order chi connectivity index (χ0) is 16.1. The number of benzene rings is 2. The molecule has 1 saturated heterocycles. The summed E-state index contributed by atoms with van der Waals surface area (Å²) in [6.07, 6.45) is 0. The predicted molar refractivity (Wildman–Crippen MR) is 94.6 cm³/mol. The summed E-state index contributed by atoms with van der Waals surface area (Å²) in [5.41, 5.74) is 1.67. The Morgan fingerprint density at radius 2 is 1.83 bits per heavy atom. The second-order valence-corrected chi connectivity index (χ2v) is 7.68. The van der Waals surface area contributed by atoms with Crippen LogP contribution in [-0.4, -0.2) is 24.0 Å². The van der Waals surface area contributed by atoms with Crippen LogP contribution in [0.25, 0.3) is 0 Å². The summed E-state index contributed by atoms with van der Waals surface area (Å²) in [5, 5.41) is 2.69. The fraction of sp³-hybridized carbons (Fsp3) is 0.235. The van der Waals surface area contributed by atoms with E-state index in [-0.39, 0.29) is 18.3 Å². The Bertz CT molecular complexity index is 673. The third-order valence-corrected chi connectivity index (χ3v) is 6.35. The van der Waals surface area contributed by atoms with Gasteiger partial charge in [-0.05, 0) is 30.3 Å². The van der Waals surface area contributed by atoms with Crippen LogP contribution in [-0.2, 0) is 4.79 Å². The van der Waals surface area contributed by atoms with Crippen LogP contribution in [0.4, 0.5) is 10.1 Å². The highest BCUT2D eigenvalue weighted by atomic mass is 32.2. The molecule has 0 radical (unpaired) electrons. The summed E-state index contributed by atoms with van der Waals surface area (Å²) >= 11 is 3.79. The quantitative estimate of drug-likeness (QED) is 0.872. The van der Waals surface area contributed by atoms with Crippen molar-refractivity contribution < 1.29 is 13.9 Å². The largest absolute Gasteiger partial charge is 0.483 e. The van der Waals surface area contributed by atoms with E-state index in [9.17, 15) is 9.18 Å². The Hall–Kier alpha value is -1.66. The molecule has 0 spiro atoms. The number of amides is 1. The molecule has 0 saturated carbocycles. The second kappa shape index (κ2) is 7.75. The number of carbonyl (C=O) groups is 1. The average Bonchev–Trinajstić information content (AvgIpc) is 3.10. The number of ether oxygens (including phenoxy) is 1. The van der Waals surface area contributed by atoms with Gasteiger partial charge in [-0.15, -0.1) is 23.5 Å². The lowest BCUT2D eigenvalue weighted by Crippen LogP contribution is -2.20. The summed E-state index contributed by atoms with van der Waals surface area (Å²) < 4.78 is 18.9. The third-order valence-electron chi connectivity index (χ3n) is 3.28. The van der Waals surface area contributed by atoms with Gasteiger partial charge < -0.3 is 10.1 Å². The zero-order valence-corrected chi connectivity index (χ0v) is 14.0. The molecule has 2 aromatic rings. The topological polar surface area (TPSA) is 38.3 Å². The van der Waals surface area contributed by atoms with E-state index in [0.717, 1.165) is 22.8 Å². The van der Waals surface area contributed by atoms with Gasteiger partial charge in [-0.3, -0.25) is 4.79 Å². The predicted octanol–water partition coefficient (Wildman–Crippen LogP) is 4.32. The monoisotopic (exact) mass is 349 g/mol. The molecule has 1 amide bonds. The van der Waals surface area contributed by atoms with Crippen LogP contribution in [0.3, 0.4) is 0 Å². The average molecular weight is 349 g/mol. The minimum absolute atomic E-state index is 0.0730. The fourth-order valence-corrected chi connectivity index (χ4v) is 5.13. The molecular weight excluding hydrogens is 333 g/mol. The van der Waals surface area contributed by atoms with Gasteiger partial charge in [-0.2, -0.15) is 0 Å². The maximum absolute atomic E-state index is 12.8. The van der Waals surface area contributed by atoms with Crippen molar-refractivity contribution in [3.8, 4) is 5.75 Å². The molecule has 1 aliphatic heterocycles. The van der Waals surface area contributed by atoms with Gasteiger partial charge in [-0.1, -0.05) is 18.2 Å². The van der Waals surface area contributed by atoms with Crippen molar-refractivity contribution in [1.82, 2.24) is 0 Å². The number of nitrogens with one attached hydrogen (secondary N) is 1. The molecule has 0 bridgehead atoms. The lowest BCUT2D eigenvalue weighted by Gasteiger charge is -2.15. The van der Waals surface area contributed by atoms with Gasteiger partial charge in [0, 0.05) is 22.8 Å². The summed E-state index contributed by atoms with van der Waals surface area (Å²) in [5.74, 6) is 2.41. The number of hydrogen-bond acceptors (Lipinski definition) is 4. The van der Waals surface area contributed by atoms with Crippen molar-refractivity contribution in [3.05, 3.63) is 59.9 Å². The molecule has 3 nitrogen and oxygen atoms in total.